The molecule has 2 aliphatic rings. The van der Waals surface area contributed by atoms with Gasteiger partial charge in [0.05, 0.1) is 26.5 Å². The topological polar surface area (TPSA) is 6.48 Å². The van der Waals surface area contributed by atoms with E-state index < -0.39 is 0 Å². The van der Waals surface area contributed by atoms with Crippen molar-refractivity contribution in [2.24, 2.45) is 0 Å². The SMILES string of the molecule is C1=CC2CC=C(N(c3ccccc3)c3cccc4c3sc3ccccc34)c3ccc4ccc(N(c5ccccc5)c5cccc6c5sc5ccccc56)c1c4c32. The molecule has 0 aliphatic heterocycles. The summed E-state index contributed by atoms with van der Waals surface area (Å²) in [5.74, 6) is 0.300. The van der Waals surface area contributed by atoms with Gasteiger partial charge >= 0.3 is 0 Å². The van der Waals surface area contributed by atoms with Crippen LogP contribution >= 0.6 is 22.7 Å². The second-order valence-corrected chi connectivity index (χ2v) is 16.9. The van der Waals surface area contributed by atoms with Crippen LogP contribution in [0.3, 0.4) is 0 Å². The molecule has 2 aliphatic carbocycles. The molecule has 8 aromatic carbocycles. The third-order valence-electron chi connectivity index (χ3n) is 11.7. The van der Waals surface area contributed by atoms with E-state index in [0.29, 0.717) is 5.92 Å². The molecule has 1 unspecified atom stereocenters. The number of thiophene rings is 2. The highest BCUT2D eigenvalue weighted by Gasteiger charge is 2.32. The number of para-hydroxylation sites is 2. The van der Waals surface area contributed by atoms with E-state index >= 15 is 0 Å². The van der Waals surface area contributed by atoms with Gasteiger partial charge in [0.2, 0.25) is 0 Å². The number of hydrogen-bond donors (Lipinski definition) is 0. The van der Waals surface area contributed by atoms with Gasteiger partial charge in [-0.3, -0.25) is 0 Å². The highest BCUT2D eigenvalue weighted by atomic mass is 32.1. The van der Waals surface area contributed by atoms with Crippen molar-refractivity contribution in [2.75, 3.05) is 9.80 Å². The van der Waals surface area contributed by atoms with Gasteiger partial charge in [-0.25, -0.2) is 0 Å². The summed E-state index contributed by atoms with van der Waals surface area (Å²) in [5.41, 5.74) is 11.2. The molecule has 10 aromatic rings. The van der Waals surface area contributed by atoms with Gasteiger partial charge < -0.3 is 9.80 Å². The predicted octanol–water partition coefficient (Wildman–Crippen LogP) is 15.7. The molecule has 1 atom stereocenters. The van der Waals surface area contributed by atoms with Crippen LogP contribution in [0.15, 0.2) is 182 Å². The summed E-state index contributed by atoms with van der Waals surface area (Å²) in [5, 5.41) is 7.88. The Labute approximate surface area is 333 Å². The summed E-state index contributed by atoms with van der Waals surface area (Å²) in [6.07, 6.45) is 8.29. The molecule has 0 saturated heterocycles. The van der Waals surface area contributed by atoms with Crippen molar-refractivity contribution in [1.82, 2.24) is 0 Å². The van der Waals surface area contributed by atoms with E-state index in [-0.39, 0.29) is 0 Å². The Hall–Kier alpha value is -6.46. The maximum Gasteiger partial charge on any atom is 0.0640 e. The number of allylic oxidation sites excluding steroid dienone is 2. The van der Waals surface area contributed by atoms with Crippen LogP contribution in [0.2, 0.25) is 0 Å². The molecule has 0 amide bonds. The molecule has 2 heterocycles. The molecule has 12 rings (SSSR count). The predicted molar refractivity (Wildman–Crippen MR) is 244 cm³/mol. The molecular weight excluding hydrogens is 717 g/mol. The number of anilines is 5. The van der Waals surface area contributed by atoms with Gasteiger partial charge in [-0.1, -0.05) is 133 Å². The Bertz CT molecular complexity index is 3240. The van der Waals surface area contributed by atoms with Gasteiger partial charge in [-0.05, 0) is 77.4 Å². The Morgan fingerprint density at radius 1 is 0.464 bits per heavy atom. The number of rotatable bonds is 6. The van der Waals surface area contributed by atoms with Crippen molar-refractivity contribution >= 4 is 114 Å². The molecule has 2 nitrogen and oxygen atoms in total. The van der Waals surface area contributed by atoms with E-state index in [1.54, 1.807) is 0 Å². The Balaban J connectivity index is 1.09. The molecular formula is C52H34N2S2. The third kappa shape index (κ3) is 4.73. The molecule has 0 spiro atoms. The number of benzene rings is 8. The lowest BCUT2D eigenvalue weighted by atomic mass is 9.77. The summed E-state index contributed by atoms with van der Waals surface area (Å²) in [6.45, 7) is 0. The van der Waals surface area contributed by atoms with Crippen LogP contribution in [-0.2, 0) is 0 Å². The van der Waals surface area contributed by atoms with Crippen LogP contribution in [0.1, 0.15) is 29.0 Å². The van der Waals surface area contributed by atoms with E-state index in [1.165, 1.54) is 96.3 Å². The van der Waals surface area contributed by atoms with E-state index in [0.717, 1.165) is 12.1 Å². The summed E-state index contributed by atoms with van der Waals surface area (Å²) in [7, 11) is 0. The highest BCUT2D eigenvalue weighted by Crippen LogP contribution is 2.53. The van der Waals surface area contributed by atoms with Crippen molar-refractivity contribution in [3.63, 3.8) is 0 Å². The lowest BCUT2D eigenvalue weighted by molar-refractivity contribution is 0.851. The molecule has 264 valence electrons. The molecule has 0 N–H and O–H groups in total. The lowest BCUT2D eigenvalue weighted by Crippen LogP contribution is -2.21. The summed E-state index contributed by atoms with van der Waals surface area (Å²) in [4.78, 5) is 5.01. The van der Waals surface area contributed by atoms with Crippen molar-refractivity contribution in [1.29, 1.82) is 0 Å². The fraction of sp³-hybridized carbons (Fsp3) is 0.0385. The minimum absolute atomic E-state index is 0.300. The second kappa shape index (κ2) is 12.5. The Morgan fingerprint density at radius 3 is 1.68 bits per heavy atom. The van der Waals surface area contributed by atoms with Gasteiger partial charge in [-0.15, -0.1) is 22.7 Å². The molecule has 0 fully saturated rings. The third-order valence-corrected chi connectivity index (χ3v) is 14.1. The lowest BCUT2D eigenvalue weighted by Gasteiger charge is -2.36. The van der Waals surface area contributed by atoms with Crippen molar-refractivity contribution in [3.05, 3.63) is 199 Å². The average Bonchev–Trinajstić information content (AvgIpc) is 3.84. The number of fused-ring (bicyclic) bond motifs is 6. The normalized spacial score (nSPS) is 14.6. The van der Waals surface area contributed by atoms with Crippen molar-refractivity contribution < 1.29 is 0 Å². The van der Waals surface area contributed by atoms with E-state index in [1.807, 2.05) is 22.7 Å². The maximum absolute atomic E-state index is 2.52. The highest BCUT2D eigenvalue weighted by molar-refractivity contribution is 7.26. The molecule has 2 aromatic heterocycles. The maximum atomic E-state index is 2.52. The molecule has 0 bridgehead atoms. The zero-order valence-electron chi connectivity index (χ0n) is 30.4. The summed E-state index contributed by atoms with van der Waals surface area (Å²) in [6, 6.07) is 62.5. The summed E-state index contributed by atoms with van der Waals surface area (Å²) < 4.78 is 5.25. The van der Waals surface area contributed by atoms with Gasteiger partial charge in [0.15, 0.2) is 0 Å². The van der Waals surface area contributed by atoms with Crippen molar-refractivity contribution in [2.45, 2.75) is 12.3 Å². The monoisotopic (exact) mass is 750 g/mol. The number of hydrogen-bond acceptors (Lipinski definition) is 4. The number of nitrogens with zero attached hydrogens (tertiary/aromatic N) is 2. The standard InChI is InChI=1S/C52H34N2S2/c1-3-13-35(14-4-1)53(45-21-11-19-39-37-17-7-9-23-47(37)55-51(39)45)43-31-27-33-26-30-42-44(32-28-34-25-29-41(43)49(33)50(34)42)54(36-15-5-2-6-16-36)46-22-12-20-40-38-18-8-10-24-48(38)56-52(40)46/h1-27,29-32,34H,28H2. The molecule has 0 radical (unpaired) electrons. The average molecular weight is 751 g/mol. The largest absolute Gasteiger partial charge is 0.309 e. The first-order valence-corrected chi connectivity index (χ1v) is 20.9. The van der Waals surface area contributed by atoms with Gasteiger partial charge in [0.1, 0.15) is 0 Å². The first-order chi connectivity index (χ1) is 27.8. The van der Waals surface area contributed by atoms with Crippen LogP contribution in [0.25, 0.3) is 62.9 Å². The van der Waals surface area contributed by atoms with E-state index in [9.17, 15) is 0 Å². The van der Waals surface area contributed by atoms with E-state index in [2.05, 4.69) is 198 Å². The Kier molecular flexibility index (Phi) is 7.13. The minimum Gasteiger partial charge on any atom is -0.309 e. The fourth-order valence-electron chi connectivity index (χ4n) is 9.29. The fourth-order valence-corrected chi connectivity index (χ4v) is 11.7. The first kappa shape index (κ1) is 31.8. The van der Waals surface area contributed by atoms with Crippen LogP contribution in [0.5, 0.6) is 0 Å². The summed E-state index contributed by atoms with van der Waals surface area (Å²) >= 11 is 3.78. The Morgan fingerprint density at radius 2 is 1.02 bits per heavy atom. The van der Waals surface area contributed by atoms with Crippen LogP contribution in [-0.4, -0.2) is 0 Å². The van der Waals surface area contributed by atoms with Crippen molar-refractivity contribution in [3.8, 4) is 0 Å². The van der Waals surface area contributed by atoms with Gasteiger partial charge in [0.25, 0.3) is 0 Å². The zero-order chi connectivity index (χ0) is 36.7. The van der Waals surface area contributed by atoms with Crippen LogP contribution in [0, 0.1) is 0 Å². The minimum atomic E-state index is 0.300. The zero-order valence-corrected chi connectivity index (χ0v) is 32.0. The molecule has 56 heavy (non-hydrogen) atoms. The van der Waals surface area contributed by atoms with E-state index in [4.69, 9.17) is 0 Å². The second-order valence-electron chi connectivity index (χ2n) is 14.8. The van der Waals surface area contributed by atoms with Gasteiger partial charge in [0, 0.05) is 65.1 Å². The smallest absolute Gasteiger partial charge is 0.0640 e. The van der Waals surface area contributed by atoms with Crippen LogP contribution in [0.4, 0.5) is 28.4 Å². The first-order valence-electron chi connectivity index (χ1n) is 19.3. The quantitative estimate of drug-likeness (QED) is 0.167. The van der Waals surface area contributed by atoms with Crippen LogP contribution < -0.4 is 9.80 Å². The molecule has 0 saturated carbocycles. The molecule has 4 heteroatoms. The van der Waals surface area contributed by atoms with Gasteiger partial charge in [-0.2, -0.15) is 0 Å².